The van der Waals surface area contributed by atoms with E-state index in [1.54, 1.807) is 38.6 Å². The van der Waals surface area contributed by atoms with Crippen molar-refractivity contribution in [2.75, 3.05) is 0 Å². The number of nitrogens with zero attached hydrogens (tertiary/aromatic N) is 6. The Morgan fingerprint density at radius 1 is 0.731 bits per heavy atom. The van der Waals surface area contributed by atoms with Crippen LogP contribution in [0.15, 0.2) is 46.5 Å². The topological polar surface area (TPSA) is 95.6 Å². The molecule has 8 nitrogen and oxygen atoms in total. The molecule has 0 N–H and O–H groups in total. The maximum atomic E-state index is 11.5. The van der Waals surface area contributed by atoms with Crippen molar-refractivity contribution in [2.45, 2.75) is 0 Å². The molecule has 0 atom stereocenters. The highest BCUT2D eigenvalue weighted by atomic mass is 35.5. The summed E-state index contributed by atoms with van der Waals surface area (Å²) in [6.45, 7) is 0. The quantitative estimate of drug-likeness (QED) is 0.455. The van der Waals surface area contributed by atoms with Gasteiger partial charge in [-0.2, -0.15) is 10.2 Å². The molecule has 0 fully saturated rings. The van der Waals surface area contributed by atoms with Gasteiger partial charge in [-0.25, -0.2) is 9.36 Å². The highest BCUT2D eigenvalue weighted by Crippen LogP contribution is 2.16. The Morgan fingerprint density at radius 2 is 1.19 bits per heavy atom. The lowest BCUT2D eigenvalue weighted by Gasteiger charge is -2.00. The molecule has 0 aromatic carbocycles. The van der Waals surface area contributed by atoms with Crippen LogP contribution in [0.4, 0.5) is 0 Å². The summed E-state index contributed by atoms with van der Waals surface area (Å²) in [5.74, 6) is 0. The minimum absolute atomic E-state index is 0.165. The second-order valence-electron chi connectivity index (χ2n) is 5.28. The molecule has 0 amide bonds. The average Bonchev–Trinajstić information content (AvgIpc) is 2.65. The van der Waals surface area contributed by atoms with Crippen LogP contribution in [0.2, 0.25) is 10.3 Å². The molecule has 0 spiro atoms. The molecule has 0 saturated carbocycles. The zero-order chi connectivity index (χ0) is 18.8. The molecule has 0 saturated heterocycles. The summed E-state index contributed by atoms with van der Waals surface area (Å²) in [5, 5.41) is 10.5. The number of aromatic nitrogens is 6. The van der Waals surface area contributed by atoms with Crippen LogP contribution in [0.5, 0.6) is 0 Å². The molecular formula is C16H12Cl2N6O2. The lowest BCUT2D eigenvalue weighted by molar-refractivity contribution is 0.718. The molecule has 0 unspecified atom stereocenters. The van der Waals surface area contributed by atoms with Crippen LogP contribution in [0.3, 0.4) is 0 Å². The molecule has 26 heavy (non-hydrogen) atoms. The van der Waals surface area contributed by atoms with Gasteiger partial charge in [-0.15, -0.1) is 0 Å². The average molecular weight is 391 g/mol. The van der Waals surface area contributed by atoms with E-state index in [0.29, 0.717) is 31.9 Å². The van der Waals surface area contributed by atoms with Gasteiger partial charge in [-0.1, -0.05) is 23.2 Å². The first-order chi connectivity index (χ1) is 12.4. The van der Waals surface area contributed by atoms with E-state index < -0.39 is 0 Å². The van der Waals surface area contributed by atoms with Gasteiger partial charge in [0, 0.05) is 49.7 Å². The zero-order valence-electron chi connectivity index (χ0n) is 13.7. The molecule has 0 radical (unpaired) electrons. The maximum Gasteiger partial charge on any atom is 0.276 e. The van der Waals surface area contributed by atoms with Crippen LogP contribution in [-0.2, 0) is 14.1 Å². The van der Waals surface area contributed by atoms with Crippen molar-refractivity contribution in [3.63, 3.8) is 0 Å². The largest absolute Gasteiger partial charge is 0.276 e. The summed E-state index contributed by atoms with van der Waals surface area (Å²) in [6, 6.07) is 3.30. The fraction of sp³-hybridized carbons (Fsp3) is 0.125. The van der Waals surface area contributed by atoms with Gasteiger partial charge in [-0.05, 0) is 12.1 Å². The Kier molecular flexibility index (Phi) is 4.97. The summed E-state index contributed by atoms with van der Waals surface area (Å²) in [7, 11) is 3.12. The Balaban J connectivity index is 0.000000151. The molecular weight excluding hydrogens is 379 g/mol. The summed E-state index contributed by atoms with van der Waals surface area (Å²) >= 11 is 11.7. The second kappa shape index (κ2) is 7.19. The van der Waals surface area contributed by atoms with Crippen LogP contribution < -0.4 is 11.1 Å². The van der Waals surface area contributed by atoms with Gasteiger partial charge in [-0.3, -0.25) is 19.6 Å². The molecule has 0 aliphatic rings. The van der Waals surface area contributed by atoms with E-state index in [2.05, 4.69) is 20.2 Å². The van der Waals surface area contributed by atoms with E-state index in [4.69, 9.17) is 23.2 Å². The Hall–Kier alpha value is -2.84. The van der Waals surface area contributed by atoms with E-state index >= 15 is 0 Å². The number of halogens is 2. The van der Waals surface area contributed by atoms with Crippen LogP contribution in [0.25, 0.3) is 21.5 Å². The minimum atomic E-state index is -0.187. The lowest BCUT2D eigenvalue weighted by Crippen LogP contribution is -2.19. The summed E-state index contributed by atoms with van der Waals surface area (Å²) < 4.78 is 2.41. The molecule has 132 valence electrons. The van der Waals surface area contributed by atoms with Crippen LogP contribution in [0.1, 0.15) is 0 Å². The second-order valence-corrected chi connectivity index (χ2v) is 6.00. The van der Waals surface area contributed by atoms with Crippen molar-refractivity contribution in [2.24, 2.45) is 14.1 Å². The lowest BCUT2D eigenvalue weighted by atomic mass is 10.2. The number of hydrogen-bond acceptors (Lipinski definition) is 6. The molecule has 0 aliphatic heterocycles. The Bertz CT molecular complexity index is 1140. The van der Waals surface area contributed by atoms with Gasteiger partial charge in [0.15, 0.2) is 10.3 Å². The third-order valence-corrected chi connectivity index (χ3v) is 4.17. The number of hydrogen-bond donors (Lipinski definition) is 0. The normalized spacial score (nSPS) is 10.6. The van der Waals surface area contributed by atoms with Gasteiger partial charge in [0.05, 0.1) is 10.8 Å². The minimum Gasteiger partial charge on any atom is -0.267 e. The van der Waals surface area contributed by atoms with Crippen molar-refractivity contribution in [3.8, 4) is 0 Å². The number of fused-ring (bicyclic) bond motifs is 2. The molecule has 10 heteroatoms. The fourth-order valence-electron chi connectivity index (χ4n) is 2.30. The summed E-state index contributed by atoms with van der Waals surface area (Å²) in [6.07, 6.45) is 6.16. The van der Waals surface area contributed by atoms with Crippen molar-refractivity contribution in [3.05, 3.63) is 67.9 Å². The van der Waals surface area contributed by atoms with Crippen LogP contribution in [0, 0.1) is 0 Å². The first kappa shape index (κ1) is 18.0. The molecule has 4 rings (SSSR count). The monoisotopic (exact) mass is 390 g/mol. The first-order valence-corrected chi connectivity index (χ1v) is 8.09. The van der Waals surface area contributed by atoms with E-state index in [1.165, 1.54) is 21.8 Å². The zero-order valence-corrected chi connectivity index (χ0v) is 15.2. The van der Waals surface area contributed by atoms with E-state index in [9.17, 15) is 9.59 Å². The SMILES string of the molecule is Cn1nc(Cl)c2ccncc2c1=O.Cn1nc(Cl)c2cnccc2c1=O. The number of rotatable bonds is 0. The van der Waals surface area contributed by atoms with E-state index in [0.717, 1.165) is 0 Å². The van der Waals surface area contributed by atoms with Crippen molar-refractivity contribution >= 4 is 44.7 Å². The van der Waals surface area contributed by atoms with Crippen LogP contribution >= 0.6 is 23.2 Å². The van der Waals surface area contributed by atoms with E-state index in [1.807, 2.05) is 0 Å². The number of pyridine rings is 2. The summed E-state index contributed by atoms with van der Waals surface area (Å²) in [4.78, 5) is 30.7. The van der Waals surface area contributed by atoms with Crippen LogP contribution in [-0.4, -0.2) is 29.5 Å². The first-order valence-electron chi connectivity index (χ1n) is 7.33. The molecule has 4 heterocycles. The van der Waals surface area contributed by atoms with Crippen molar-refractivity contribution < 1.29 is 0 Å². The predicted octanol–water partition coefficient (Wildman–Crippen LogP) is 1.96. The van der Waals surface area contributed by atoms with Gasteiger partial charge >= 0.3 is 0 Å². The predicted molar refractivity (Wildman–Crippen MR) is 99.6 cm³/mol. The third kappa shape index (κ3) is 3.29. The van der Waals surface area contributed by atoms with Gasteiger partial charge in [0.25, 0.3) is 11.1 Å². The Labute approximate surface area is 156 Å². The summed E-state index contributed by atoms with van der Waals surface area (Å²) in [5.41, 5.74) is -0.352. The fourth-order valence-corrected chi connectivity index (χ4v) is 2.84. The standard InChI is InChI=1S/2C8H6ClN3O/c1-12-8(13)5-2-3-10-4-6(5)7(9)11-12;1-12-8(13)6-4-10-3-2-5(6)7(9)11-12/h2*2-4H,1H3. The van der Waals surface area contributed by atoms with Crippen molar-refractivity contribution in [1.29, 1.82) is 0 Å². The van der Waals surface area contributed by atoms with Gasteiger partial charge in [0.1, 0.15) is 0 Å². The smallest absolute Gasteiger partial charge is 0.267 e. The third-order valence-electron chi connectivity index (χ3n) is 3.61. The Morgan fingerprint density at radius 3 is 1.81 bits per heavy atom. The van der Waals surface area contributed by atoms with Gasteiger partial charge in [0.2, 0.25) is 0 Å². The molecule has 4 aromatic rings. The van der Waals surface area contributed by atoms with E-state index in [-0.39, 0.29) is 11.1 Å². The number of aryl methyl sites for hydroxylation is 2. The molecule has 0 bridgehead atoms. The van der Waals surface area contributed by atoms with Crippen molar-refractivity contribution in [1.82, 2.24) is 29.5 Å². The molecule has 4 aromatic heterocycles. The van der Waals surface area contributed by atoms with Gasteiger partial charge < -0.3 is 0 Å². The molecule has 0 aliphatic carbocycles. The maximum absolute atomic E-state index is 11.5. The highest BCUT2D eigenvalue weighted by Gasteiger charge is 2.06. The highest BCUT2D eigenvalue weighted by molar-refractivity contribution is 6.34.